The number of anilines is 2. The molecule has 2 unspecified atom stereocenters. The third-order valence-corrected chi connectivity index (χ3v) is 5.56. The average molecular weight is 417 g/mol. The van der Waals surface area contributed by atoms with Crippen LogP contribution in [-0.4, -0.2) is 22.4 Å². The van der Waals surface area contributed by atoms with Crippen molar-refractivity contribution >= 4 is 39.7 Å². The van der Waals surface area contributed by atoms with Gasteiger partial charge in [-0.1, -0.05) is 17.7 Å². The normalized spacial score (nSPS) is 17.6. The number of benzene rings is 2. The third kappa shape index (κ3) is 4.44. The van der Waals surface area contributed by atoms with Crippen molar-refractivity contribution in [1.29, 1.82) is 0 Å². The predicted octanol–water partition coefficient (Wildman–Crippen LogP) is 4.46. The Hall–Kier alpha value is -2.06. The highest BCUT2D eigenvalue weighted by molar-refractivity contribution is 7.84. The molecule has 2 aromatic carbocycles. The molecule has 27 heavy (non-hydrogen) atoms. The Morgan fingerprint density at radius 1 is 1.26 bits per heavy atom. The molecule has 1 aliphatic heterocycles. The first-order valence-corrected chi connectivity index (χ1v) is 9.99. The van der Waals surface area contributed by atoms with Crippen molar-refractivity contribution in [3.05, 3.63) is 52.5 Å². The van der Waals surface area contributed by atoms with Crippen molar-refractivity contribution < 1.29 is 22.2 Å². The number of aryl methyl sites for hydroxylation is 1. The van der Waals surface area contributed by atoms with Crippen LogP contribution in [0.25, 0.3) is 0 Å². The first kappa shape index (κ1) is 19.7. The summed E-state index contributed by atoms with van der Waals surface area (Å²) >= 11 is 6.08. The molecule has 144 valence electrons. The third-order valence-electron chi connectivity index (χ3n) is 4.31. The highest BCUT2D eigenvalue weighted by atomic mass is 35.5. The number of alkyl halides is 3. The number of halogens is 4. The summed E-state index contributed by atoms with van der Waals surface area (Å²) < 4.78 is 50.3. The van der Waals surface area contributed by atoms with E-state index in [1.807, 2.05) is 0 Å². The van der Waals surface area contributed by atoms with Gasteiger partial charge < -0.3 is 10.6 Å². The lowest BCUT2D eigenvalue weighted by atomic mass is 9.96. The molecule has 0 bridgehead atoms. The molecule has 0 fully saturated rings. The van der Waals surface area contributed by atoms with Gasteiger partial charge in [0.2, 0.25) is 5.91 Å². The lowest BCUT2D eigenvalue weighted by molar-refractivity contribution is -0.137. The molecule has 1 amide bonds. The second kappa shape index (κ2) is 7.52. The van der Waals surface area contributed by atoms with Crippen LogP contribution in [0, 0.1) is 0 Å². The van der Waals surface area contributed by atoms with E-state index in [0.29, 0.717) is 29.1 Å². The predicted molar refractivity (Wildman–Crippen MR) is 99.6 cm³/mol. The van der Waals surface area contributed by atoms with Crippen LogP contribution in [0.5, 0.6) is 0 Å². The van der Waals surface area contributed by atoms with Gasteiger partial charge in [-0.3, -0.25) is 9.00 Å². The Bertz CT molecular complexity index is 918. The standard InChI is InChI=1S/C18H16ClF3N2O2S/c1-27(26)12-5-6-13(19)16(9-12)24-17(25)14-7-3-10-2-4-11(18(20,21)22)8-15(10)23-14/h2,4-6,8-9,14,23H,3,7H2,1H3,(H,24,25). The second-order valence-corrected chi connectivity index (χ2v) is 7.98. The van der Waals surface area contributed by atoms with Crippen molar-refractivity contribution in [2.45, 2.75) is 30.0 Å². The van der Waals surface area contributed by atoms with E-state index in [1.165, 1.54) is 24.5 Å². The van der Waals surface area contributed by atoms with Gasteiger partial charge in [0.25, 0.3) is 0 Å². The van der Waals surface area contributed by atoms with E-state index in [2.05, 4.69) is 10.6 Å². The Labute approximate surface area is 161 Å². The van der Waals surface area contributed by atoms with Crippen LogP contribution >= 0.6 is 11.6 Å². The maximum absolute atomic E-state index is 12.9. The largest absolute Gasteiger partial charge is 0.416 e. The number of carbonyl (C=O) groups excluding carboxylic acids is 1. The van der Waals surface area contributed by atoms with Crippen molar-refractivity contribution in [3.8, 4) is 0 Å². The highest BCUT2D eigenvalue weighted by Gasteiger charge is 2.32. The summed E-state index contributed by atoms with van der Waals surface area (Å²) in [6, 6.07) is 7.44. The van der Waals surface area contributed by atoms with E-state index in [4.69, 9.17) is 11.6 Å². The number of rotatable bonds is 3. The van der Waals surface area contributed by atoms with Gasteiger partial charge in [-0.2, -0.15) is 13.2 Å². The zero-order valence-electron chi connectivity index (χ0n) is 14.2. The average Bonchev–Trinajstić information content (AvgIpc) is 2.61. The molecule has 2 N–H and O–H groups in total. The van der Waals surface area contributed by atoms with E-state index in [0.717, 1.165) is 17.7 Å². The number of carbonyl (C=O) groups is 1. The lowest BCUT2D eigenvalue weighted by Crippen LogP contribution is -2.37. The molecule has 0 aromatic heterocycles. The van der Waals surface area contributed by atoms with Crippen LogP contribution in [0.1, 0.15) is 17.5 Å². The Morgan fingerprint density at radius 2 is 2.00 bits per heavy atom. The minimum Gasteiger partial charge on any atom is -0.373 e. The molecule has 3 rings (SSSR count). The number of hydrogen-bond acceptors (Lipinski definition) is 3. The first-order chi connectivity index (χ1) is 12.6. The number of amides is 1. The number of fused-ring (bicyclic) bond motifs is 1. The molecule has 0 saturated heterocycles. The smallest absolute Gasteiger partial charge is 0.373 e. The zero-order chi connectivity index (χ0) is 19.8. The van der Waals surface area contributed by atoms with Crippen LogP contribution in [0.4, 0.5) is 24.5 Å². The highest BCUT2D eigenvalue weighted by Crippen LogP contribution is 2.35. The lowest BCUT2D eigenvalue weighted by Gasteiger charge is -2.27. The van der Waals surface area contributed by atoms with Gasteiger partial charge in [0.1, 0.15) is 6.04 Å². The van der Waals surface area contributed by atoms with E-state index >= 15 is 0 Å². The molecule has 1 aliphatic rings. The molecule has 0 radical (unpaired) electrons. The van der Waals surface area contributed by atoms with E-state index < -0.39 is 34.5 Å². The molecule has 4 nitrogen and oxygen atoms in total. The van der Waals surface area contributed by atoms with Gasteiger partial charge in [0.15, 0.2) is 0 Å². The molecular formula is C18H16ClF3N2O2S. The Balaban J connectivity index is 1.78. The Kier molecular flexibility index (Phi) is 5.48. The molecule has 0 aliphatic carbocycles. The fraction of sp³-hybridized carbons (Fsp3) is 0.278. The van der Waals surface area contributed by atoms with Crippen molar-refractivity contribution in [2.75, 3.05) is 16.9 Å². The van der Waals surface area contributed by atoms with Gasteiger partial charge in [-0.05, 0) is 48.7 Å². The van der Waals surface area contributed by atoms with Gasteiger partial charge >= 0.3 is 6.18 Å². The monoisotopic (exact) mass is 416 g/mol. The summed E-state index contributed by atoms with van der Waals surface area (Å²) in [6.07, 6.45) is -2.03. The van der Waals surface area contributed by atoms with Crippen LogP contribution in [0.2, 0.25) is 5.02 Å². The fourth-order valence-electron chi connectivity index (χ4n) is 2.86. The molecule has 0 spiro atoms. The first-order valence-electron chi connectivity index (χ1n) is 8.05. The Morgan fingerprint density at radius 3 is 2.67 bits per heavy atom. The molecule has 1 heterocycles. The topological polar surface area (TPSA) is 58.2 Å². The summed E-state index contributed by atoms with van der Waals surface area (Å²) in [5.41, 5.74) is 0.571. The SMILES string of the molecule is CS(=O)c1ccc(Cl)c(NC(=O)C2CCc3ccc(C(F)(F)F)cc3N2)c1. The van der Waals surface area contributed by atoms with Crippen LogP contribution in [-0.2, 0) is 28.2 Å². The zero-order valence-corrected chi connectivity index (χ0v) is 15.8. The van der Waals surface area contributed by atoms with Crippen LogP contribution in [0.3, 0.4) is 0 Å². The summed E-state index contributed by atoms with van der Waals surface area (Å²) in [7, 11) is -1.24. The molecule has 9 heteroatoms. The van der Waals surface area contributed by atoms with Crippen molar-refractivity contribution in [3.63, 3.8) is 0 Å². The van der Waals surface area contributed by atoms with Gasteiger partial charge in [0.05, 0.1) is 16.3 Å². The van der Waals surface area contributed by atoms with E-state index in [9.17, 15) is 22.2 Å². The number of nitrogens with one attached hydrogen (secondary N) is 2. The maximum atomic E-state index is 12.9. The molecule has 0 saturated carbocycles. The fourth-order valence-corrected chi connectivity index (χ4v) is 3.57. The summed E-state index contributed by atoms with van der Waals surface area (Å²) in [5, 5.41) is 5.82. The molecule has 2 aromatic rings. The summed E-state index contributed by atoms with van der Waals surface area (Å²) in [6.45, 7) is 0. The van der Waals surface area contributed by atoms with Crippen molar-refractivity contribution in [1.82, 2.24) is 0 Å². The second-order valence-electron chi connectivity index (χ2n) is 6.19. The van der Waals surface area contributed by atoms with E-state index in [1.54, 1.807) is 6.07 Å². The number of hydrogen-bond donors (Lipinski definition) is 2. The van der Waals surface area contributed by atoms with Gasteiger partial charge in [0, 0.05) is 27.6 Å². The maximum Gasteiger partial charge on any atom is 0.416 e. The minimum atomic E-state index is -4.45. The molecular weight excluding hydrogens is 401 g/mol. The van der Waals surface area contributed by atoms with Gasteiger partial charge in [-0.15, -0.1) is 0 Å². The minimum absolute atomic E-state index is 0.285. The van der Waals surface area contributed by atoms with Crippen LogP contribution < -0.4 is 10.6 Å². The quantitative estimate of drug-likeness (QED) is 0.776. The van der Waals surface area contributed by atoms with Crippen molar-refractivity contribution in [2.24, 2.45) is 0 Å². The van der Waals surface area contributed by atoms with E-state index in [-0.39, 0.29) is 5.02 Å². The van der Waals surface area contributed by atoms with Crippen LogP contribution in [0.15, 0.2) is 41.3 Å². The summed E-state index contributed by atoms with van der Waals surface area (Å²) in [5.74, 6) is -0.418. The van der Waals surface area contributed by atoms with Gasteiger partial charge in [-0.25, -0.2) is 0 Å². The molecule has 2 atom stereocenters. The summed E-state index contributed by atoms with van der Waals surface area (Å²) in [4.78, 5) is 13.1.